The van der Waals surface area contributed by atoms with Crippen LogP contribution in [0.15, 0.2) is 91.4 Å². The predicted molar refractivity (Wildman–Crippen MR) is 134 cm³/mol. The maximum absolute atomic E-state index is 13.2. The van der Waals surface area contributed by atoms with E-state index < -0.39 is 29.2 Å². The van der Waals surface area contributed by atoms with Crippen LogP contribution in [0.4, 0.5) is 17.6 Å². The molecule has 2 N–H and O–H groups in total. The largest absolute Gasteiger partial charge is 0.477 e. The third kappa shape index (κ3) is 9.46. The molecule has 0 aliphatic rings. The number of rotatable bonds is 4. The second-order valence-corrected chi connectivity index (χ2v) is 7.53. The van der Waals surface area contributed by atoms with Crippen molar-refractivity contribution in [2.75, 3.05) is 0 Å². The molecule has 40 heavy (non-hydrogen) atoms. The molecular formula is C29H19F4IrN3O3-2. The number of aliphatic hydroxyl groups excluding tert-OH is 1. The second kappa shape index (κ2) is 15.9. The maximum atomic E-state index is 13.2. The van der Waals surface area contributed by atoms with Crippen molar-refractivity contribution in [1.29, 1.82) is 0 Å². The van der Waals surface area contributed by atoms with Gasteiger partial charge in [0, 0.05) is 62.0 Å². The van der Waals surface area contributed by atoms with Gasteiger partial charge in [0.15, 0.2) is 0 Å². The van der Waals surface area contributed by atoms with E-state index in [4.69, 9.17) is 10.2 Å². The van der Waals surface area contributed by atoms with Crippen LogP contribution in [-0.4, -0.2) is 31.1 Å². The zero-order valence-corrected chi connectivity index (χ0v) is 22.8. The Hall–Kier alpha value is -4.31. The number of hydrogen-bond acceptors (Lipinski definition) is 5. The molecule has 11 heteroatoms. The van der Waals surface area contributed by atoms with Crippen LogP contribution in [-0.2, 0) is 26.7 Å². The summed E-state index contributed by atoms with van der Waals surface area (Å²) in [6.07, 6.45) is 4.43. The topological polar surface area (TPSA) is 96.2 Å². The van der Waals surface area contributed by atoms with Crippen LogP contribution in [0.25, 0.3) is 22.5 Å². The van der Waals surface area contributed by atoms with Crippen molar-refractivity contribution in [2.45, 2.75) is 6.61 Å². The Bertz CT molecular complexity index is 1420. The van der Waals surface area contributed by atoms with E-state index in [0.29, 0.717) is 17.0 Å². The molecular weight excluding hydrogens is 707 g/mol. The van der Waals surface area contributed by atoms with E-state index in [9.17, 15) is 22.4 Å². The first-order valence-electron chi connectivity index (χ1n) is 11.1. The van der Waals surface area contributed by atoms with Gasteiger partial charge in [0.05, 0.1) is 6.61 Å². The van der Waals surface area contributed by atoms with Crippen LogP contribution in [0, 0.1) is 35.4 Å². The molecule has 3 aromatic heterocycles. The Labute approximate surface area is 240 Å². The van der Waals surface area contributed by atoms with Gasteiger partial charge < -0.3 is 20.2 Å². The van der Waals surface area contributed by atoms with Gasteiger partial charge in [-0.05, 0) is 35.2 Å². The molecule has 0 amide bonds. The molecule has 0 aliphatic carbocycles. The van der Waals surface area contributed by atoms with Crippen molar-refractivity contribution >= 4 is 5.97 Å². The molecule has 3 heterocycles. The summed E-state index contributed by atoms with van der Waals surface area (Å²) in [5.74, 6) is -3.63. The van der Waals surface area contributed by atoms with E-state index in [1.54, 1.807) is 48.8 Å². The fourth-order valence-corrected chi connectivity index (χ4v) is 2.95. The number of aliphatic hydroxyl groups is 1. The van der Waals surface area contributed by atoms with Crippen molar-refractivity contribution in [3.8, 4) is 22.5 Å². The number of aromatic carboxylic acids is 1. The summed E-state index contributed by atoms with van der Waals surface area (Å²) in [6, 6.07) is 21.9. The maximum Gasteiger partial charge on any atom is 0.354 e. The SMILES string of the molecule is Fc1c[c-]c(-c2ccccn2)c(F)c1.Fc1c[c-]c(-c2ccccn2)c(F)c1.O=C(O)c1ccc(CO)cn1.[Ir]. The van der Waals surface area contributed by atoms with Crippen molar-refractivity contribution in [3.63, 3.8) is 0 Å². The van der Waals surface area contributed by atoms with Crippen molar-refractivity contribution in [1.82, 2.24) is 15.0 Å². The third-order valence-electron chi connectivity index (χ3n) is 4.78. The molecule has 0 aliphatic heterocycles. The summed E-state index contributed by atoms with van der Waals surface area (Å²) < 4.78 is 51.6. The number of carboxylic acids is 1. The first-order chi connectivity index (χ1) is 18.8. The number of aromatic nitrogens is 3. The van der Waals surface area contributed by atoms with Crippen molar-refractivity contribution < 1.29 is 52.7 Å². The third-order valence-corrected chi connectivity index (χ3v) is 4.78. The molecule has 1 radical (unpaired) electrons. The quantitative estimate of drug-likeness (QED) is 0.177. The first-order valence-corrected chi connectivity index (χ1v) is 11.1. The Balaban J connectivity index is 0.000000210. The van der Waals surface area contributed by atoms with Gasteiger partial charge in [-0.3, -0.25) is 17.6 Å². The summed E-state index contributed by atoms with van der Waals surface area (Å²) in [7, 11) is 0. The average molecular weight is 726 g/mol. The number of nitrogens with zero attached hydrogens (tertiary/aromatic N) is 3. The minimum absolute atomic E-state index is 0. The van der Waals surface area contributed by atoms with Gasteiger partial charge in [0.25, 0.3) is 0 Å². The number of hydrogen-bond donors (Lipinski definition) is 2. The van der Waals surface area contributed by atoms with E-state index in [-0.39, 0.29) is 43.5 Å². The van der Waals surface area contributed by atoms with Gasteiger partial charge in [-0.15, -0.1) is 24.3 Å². The van der Waals surface area contributed by atoms with E-state index in [2.05, 4.69) is 27.1 Å². The second-order valence-electron chi connectivity index (χ2n) is 7.53. The van der Waals surface area contributed by atoms with Gasteiger partial charge >= 0.3 is 5.97 Å². The molecule has 5 rings (SSSR count). The Kier molecular flexibility index (Phi) is 12.7. The van der Waals surface area contributed by atoms with Crippen LogP contribution in [0.1, 0.15) is 16.1 Å². The summed E-state index contributed by atoms with van der Waals surface area (Å²) in [5, 5.41) is 17.0. The minimum atomic E-state index is -1.06. The van der Waals surface area contributed by atoms with Gasteiger partial charge in [0.2, 0.25) is 0 Å². The molecule has 207 valence electrons. The van der Waals surface area contributed by atoms with Gasteiger partial charge in [-0.1, -0.05) is 53.6 Å². The van der Waals surface area contributed by atoms with Crippen LogP contribution in [0.3, 0.4) is 0 Å². The smallest absolute Gasteiger partial charge is 0.354 e. The summed E-state index contributed by atoms with van der Waals surface area (Å²) in [6.45, 7) is -0.118. The van der Waals surface area contributed by atoms with Crippen LogP contribution >= 0.6 is 0 Å². The fourth-order valence-electron chi connectivity index (χ4n) is 2.95. The molecule has 6 nitrogen and oxygen atoms in total. The van der Waals surface area contributed by atoms with E-state index >= 15 is 0 Å². The van der Waals surface area contributed by atoms with E-state index in [1.165, 1.54) is 18.3 Å². The Morgan fingerprint density at radius 2 is 1.25 bits per heavy atom. The monoisotopic (exact) mass is 726 g/mol. The Morgan fingerprint density at radius 3 is 1.57 bits per heavy atom. The fraction of sp³-hybridized carbons (Fsp3) is 0.0345. The van der Waals surface area contributed by atoms with Crippen molar-refractivity contribution in [3.05, 3.63) is 138 Å². The van der Waals surface area contributed by atoms with E-state index in [1.807, 2.05) is 0 Å². The van der Waals surface area contributed by atoms with Gasteiger partial charge in [-0.25, -0.2) is 9.78 Å². The van der Waals surface area contributed by atoms with Crippen molar-refractivity contribution in [2.24, 2.45) is 0 Å². The zero-order chi connectivity index (χ0) is 28.2. The molecule has 5 aromatic rings. The summed E-state index contributed by atoms with van der Waals surface area (Å²) in [4.78, 5) is 21.8. The number of halogens is 4. The number of carboxylic acid groups (broad SMARTS) is 1. The average Bonchev–Trinajstić information content (AvgIpc) is 2.95. The Morgan fingerprint density at radius 1 is 0.750 bits per heavy atom. The number of carbonyl (C=O) groups is 1. The standard InChI is InChI=1S/2C11H6F2N.C7H7NO3.Ir/c2*12-8-4-5-9(10(13)7-8)11-3-1-2-6-14-11;9-4-5-1-2-6(7(10)11)8-3-5;/h2*1-4,6-7H;1-3,9H,4H2,(H,10,11);/q2*-1;;. The molecule has 0 unspecified atom stereocenters. The van der Waals surface area contributed by atoms with Crippen LogP contribution in [0.5, 0.6) is 0 Å². The molecule has 0 bridgehead atoms. The minimum Gasteiger partial charge on any atom is -0.477 e. The molecule has 0 fully saturated rings. The summed E-state index contributed by atoms with van der Waals surface area (Å²) in [5.41, 5.74) is 1.87. The summed E-state index contributed by atoms with van der Waals surface area (Å²) >= 11 is 0. The predicted octanol–water partition coefficient (Wildman–Crippen LogP) is 5.92. The normalized spacial score (nSPS) is 9.72. The van der Waals surface area contributed by atoms with Crippen LogP contribution < -0.4 is 0 Å². The number of benzene rings is 2. The van der Waals surface area contributed by atoms with Gasteiger partial charge in [0.1, 0.15) is 5.69 Å². The zero-order valence-electron chi connectivity index (χ0n) is 20.4. The molecule has 0 atom stereocenters. The first kappa shape index (κ1) is 31.9. The van der Waals surface area contributed by atoms with Gasteiger partial charge in [-0.2, -0.15) is 0 Å². The molecule has 0 saturated carbocycles. The van der Waals surface area contributed by atoms with Crippen LogP contribution in [0.2, 0.25) is 0 Å². The molecule has 2 aromatic carbocycles. The molecule has 0 saturated heterocycles. The molecule has 0 spiro atoms. The van der Waals surface area contributed by atoms with E-state index in [0.717, 1.165) is 24.3 Å². The number of pyridine rings is 3.